The van der Waals surface area contributed by atoms with Crippen LogP contribution in [0, 0.1) is 11.3 Å². The van der Waals surface area contributed by atoms with Gasteiger partial charge in [0, 0.05) is 7.05 Å². The van der Waals surface area contributed by atoms with Gasteiger partial charge in [0.05, 0.1) is 36.6 Å². The lowest BCUT2D eigenvalue weighted by atomic mass is 9.75. The molecule has 0 saturated carbocycles. The number of methoxy groups -OCH3 is 1. The van der Waals surface area contributed by atoms with Gasteiger partial charge in [0.2, 0.25) is 5.91 Å². The van der Waals surface area contributed by atoms with E-state index in [4.69, 9.17) is 14.6 Å². The Kier molecular flexibility index (Phi) is 12.6. The van der Waals surface area contributed by atoms with Crippen LogP contribution in [0.5, 0.6) is 0 Å². The molecule has 1 aromatic rings. The van der Waals surface area contributed by atoms with E-state index in [0.29, 0.717) is 31.2 Å². The molecule has 0 aromatic heterocycles. The number of aliphatic hydroxyl groups excluding tert-OH is 1. The van der Waals surface area contributed by atoms with Gasteiger partial charge in [-0.25, -0.2) is 18.2 Å². The van der Waals surface area contributed by atoms with Crippen LogP contribution >= 0.6 is 0 Å². The van der Waals surface area contributed by atoms with Gasteiger partial charge in [-0.1, -0.05) is 51.5 Å². The summed E-state index contributed by atoms with van der Waals surface area (Å²) in [6.45, 7) is 12.0. The van der Waals surface area contributed by atoms with E-state index in [-0.39, 0.29) is 23.4 Å². The molecule has 1 rings (SSSR count). The fraction of sp³-hybridized carbons (Fsp3) is 0.690. The van der Waals surface area contributed by atoms with Gasteiger partial charge in [0.1, 0.15) is 5.60 Å². The van der Waals surface area contributed by atoms with Crippen LogP contribution < -0.4 is 5.43 Å². The minimum atomic E-state index is -3.42. The van der Waals surface area contributed by atoms with Crippen LogP contribution in [-0.4, -0.2) is 74.4 Å². The Labute approximate surface area is 239 Å². The lowest BCUT2D eigenvalue weighted by Gasteiger charge is -2.33. The maximum atomic E-state index is 13.7. The van der Waals surface area contributed by atoms with E-state index in [2.05, 4.69) is 5.43 Å². The third-order valence-electron chi connectivity index (χ3n) is 6.69. The lowest BCUT2D eigenvalue weighted by molar-refractivity contribution is -0.144. The SMILES string of the molecule is COC(=O)[C@H](C)Cc1cccc([C@@](C)(CCCC(C)(C)CS(=O)(=O)CCO)C(=O)NN(C)C(=O)OC(C)(C)C)c1. The minimum Gasteiger partial charge on any atom is -0.469 e. The molecule has 1 aromatic carbocycles. The van der Waals surface area contributed by atoms with E-state index < -0.39 is 44.9 Å². The average molecular weight is 585 g/mol. The van der Waals surface area contributed by atoms with Crippen molar-refractivity contribution < 1.29 is 37.4 Å². The van der Waals surface area contributed by atoms with Crippen molar-refractivity contribution in [1.29, 1.82) is 0 Å². The van der Waals surface area contributed by atoms with Crippen LogP contribution in [0.1, 0.15) is 78.9 Å². The summed E-state index contributed by atoms with van der Waals surface area (Å²) in [4.78, 5) is 38.2. The van der Waals surface area contributed by atoms with Crippen molar-refractivity contribution >= 4 is 27.8 Å². The van der Waals surface area contributed by atoms with Crippen molar-refractivity contribution in [3.05, 3.63) is 35.4 Å². The number of ether oxygens (including phenoxy) is 2. The van der Waals surface area contributed by atoms with Crippen molar-refractivity contribution in [3.63, 3.8) is 0 Å². The van der Waals surface area contributed by atoms with Crippen molar-refractivity contribution in [1.82, 2.24) is 10.4 Å². The number of sulfone groups is 1. The minimum absolute atomic E-state index is 0.0776. The highest BCUT2D eigenvalue weighted by atomic mass is 32.2. The Hall–Kier alpha value is -2.66. The summed E-state index contributed by atoms with van der Waals surface area (Å²) in [5.41, 5.74) is 1.79. The Balaban J connectivity index is 3.27. The average Bonchev–Trinajstić information content (AvgIpc) is 2.81. The number of hydrazine groups is 1. The van der Waals surface area contributed by atoms with E-state index in [0.717, 1.165) is 10.6 Å². The molecule has 2 N–H and O–H groups in total. The molecule has 228 valence electrons. The molecule has 0 spiro atoms. The molecule has 10 nitrogen and oxygen atoms in total. The molecular formula is C29H48N2O8S. The van der Waals surface area contributed by atoms with Gasteiger partial charge in [-0.2, -0.15) is 0 Å². The van der Waals surface area contributed by atoms with Crippen LogP contribution in [0.15, 0.2) is 24.3 Å². The first-order valence-corrected chi connectivity index (χ1v) is 15.3. The molecule has 0 aliphatic rings. The van der Waals surface area contributed by atoms with E-state index in [9.17, 15) is 22.8 Å². The number of carbonyl (C=O) groups excluding carboxylic acids is 3. The lowest BCUT2D eigenvalue weighted by Crippen LogP contribution is -2.52. The first-order chi connectivity index (χ1) is 18.2. The third-order valence-corrected chi connectivity index (χ3v) is 8.72. The largest absolute Gasteiger partial charge is 0.469 e. The number of hydrogen-bond donors (Lipinski definition) is 2. The quantitative estimate of drug-likeness (QED) is 0.264. The highest BCUT2D eigenvalue weighted by molar-refractivity contribution is 7.91. The highest BCUT2D eigenvalue weighted by Crippen LogP contribution is 2.34. The van der Waals surface area contributed by atoms with Gasteiger partial charge in [-0.3, -0.25) is 15.0 Å². The molecular weight excluding hydrogens is 536 g/mol. The summed E-state index contributed by atoms with van der Waals surface area (Å²) in [5.74, 6) is -1.50. The van der Waals surface area contributed by atoms with Crippen LogP contribution in [0.2, 0.25) is 0 Å². The maximum Gasteiger partial charge on any atom is 0.428 e. The second-order valence-corrected chi connectivity index (χ2v) is 14.7. The number of aliphatic hydroxyl groups is 1. The normalized spacial score (nSPS) is 14.6. The summed E-state index contributed by atoms with van der Waals surface area (Å²) >= 11 is 0. The fourth-order valence-corrected chi connectivity index (χ4v) is 6.28. The molecule has 0 saturated heterocycles. The Morgan fingerprint density at radius 2 is 1.70 bits per heavy atom. The zero-order chi connectivity index (χ0) is 30.9. The zero-order valence-corrected chi connectivity index (χ0v) is 26.3. The standard InChI is InChI=1S/C29H48N2O8S/c1-21(24(33)38-9)18-22-12-10-13-23(19-22)29(7,25(34)30-31(8)26(35)39-27(2,3)4)15-11-14-28(5,6)20-40(36,37)17-16-32/h10,12-13,19,21,32H,11,14-18,20H2,1-9H3,(H,30,34)/t21-,29-/m1/s1. The molecule has 2 amide bonds. The Morgan fingerprint density at radius 1 is 1.07 bits per heavy atom. The molecule has 40 heavy (non-hydrogen) atoms. The maximum absolute atomic E-state index is 13.7. The molecule has 0 aliphatic carbocycles. The number of carbonyl (C=O) groups is 3. The number of hydrogen-bond acceptors (Lipinski definition) is 8. The highest BCUT2D eigenvalue weighted by Gasteiger charge is 2.38. The monoisotopic (exact) mass is 584 g/mol. The van der Waals surface area contributed by atoms with Crippen molar-refractivity contribution in [2.45, 2.75) is 85.2 Å². The molecule has 0 heterocycles. The number of amides is 2. The van der Waals surface area contributed by atoms with Crippen LogP contribution in [0.4, 0.5) is 4.79 Å². The van der Waals surface area contributed by atoms with Gasteiger partial charge in [-0.05, 0) is 63.5 Å². The predicted octanol–water partition coefficient (Wildman–Crippen LogP) is 3.80. The van der Waals surface area contributed by atoms with Crippen LogP contribution in [-0.2, 0) is 40.7 Å². The van der Waals surface area contributed by atoms with Gasteiger partial charge in [0.25, 0.3) is 0 Å². The van der Waals surface area contributed by atoms with E-state index >= 15 is 0 Å². The second-order valence-electron chi connectivity index (χ2n) is 12.5. The van der Waals surface area contributed by atoms with Crippen molar-refractivity contribution in [2.75, 3.05) is 32.3 Å². The van der Waals surface area contributed by atoms with Gasteiger partial charge < -0.3 is 14.6 Å². The predicted molar refractivity (Wildman–Crippen MR) is 154 cm³/mol. The summed E-state index contributed by atoms with van der Waals surface area (Å²) in [5, 5.41) is 10.1. The molecule has 0 fully saturated rings. The van der Waals surface area contributed by atoms with E-state index in [1.54, 1.807) is 34.6 Å². The summed E-state index contributed by atoms with van der Waals surface area (Å²) in [6.07, 6.45) is 1.11. The number of esters is 1. The molecule has 0 bridgehead atoms. The first kappa shape index (κ1) is 35.4. The summed E-state index contributed by atoms with van der Waals surface area (Å²) in [6, 6.07) is 7.41. The van der Waals surface area contributed by atoms with Crippen LogP contribution in [0.3, 0.4) is 0 Å². The number of nitrogens with one attached hydrogen (secondary N) is 1. The topological polar surface area (TPSA) is 139 Å². The van der Waals surface area contributed by atoms with Crippen LogP contribution in [0.25, 0.3) is 0 Å². The van der Waals surface area contributed by atoms with Gasteiger partial charge in [-0.15, -0.1) is 0 Å². The first-order valence-electron chi connectivity index (χ1n) is 13.5. The van der Waals surface area contributed by atoms with Gasteiger partial charge in [0.15, 0.2) is 9.84 Å². The van der Waals surface area contributed by atoms with E-state index in [1.807, 2.05) is 38.1 Å². The number of rotatable bonds is 13. The van der Waals surface area contributed by atoms with E-state index in [1.165, 1.54) is 14.2 Å². The molecule has 11 heteroatoms. The van der Waals surface area contributed by atoms with Gasteiger partial charge >= 0.3 is 12.1 Å². The second kappa shape index (κ2) is 14.3. The summed E-state index contributed by atoms with van der Waals surface area (Å²) in [7, 11) is -0.661. The zero-order valence-electron chi connectivity index (χ0n) is 25.5. The molecule has 2 atom stereocenters. The third kappa shape index (κ3) is 11.4. The number of benzene rings is 1. The molecule has 0 aliphatic heterocycles. The molecule has 0 unspecified atom stereocenters. The van der Waals surface area contributed by atoms with Crippen molar-refractivity contribution in [3.8, 4) is 0 Å². The smallest absolute Gasteiger partial charge is 0.428 e. The summed E-state index contributed by atoms with van der Waals surface area (Å²) < 4.78 is 34.8. The Bertz CT molecular complexity index is 1130. The fourth-order valence-electron chi connectivity index (χ4n) is 4.52. The molecule has 0 radical (unpaired) electrons. The number of nitrogens with zero attached hydrogens (tertiary/aromatic N) is 1. The Morgan fingerprint density at radius 3 is 2.25 bits per heavy atom. The van der Waals surface area contributed by atoms with Crippen molar-refractivity contribution in [2.24, 2.45) is 11.3 Å².